The van der Waals surface area contributed by atoms with Crippen LogP contribution in [-0.4, -0.2) is 12.3 Å². The number of hydrogen-bond acceptors (Lipinski definition) is 4. The number of benzene rings is 1. The summed E-state index contributed by atoms with van der Waals surface area (Å²) in [7, 11) is 0. The number of aryl methyl sites for hydroxylation is 1. The molecule has 4 rings (SSSR count). The van der Waals surface area contributed by atoms with Crippen LogP contribution in [0.3, 0.4) is 0 Å². The van der Waals surface area contributed by atoms with Crippen LogP contribution >= 0.6 is 0 Å². The molecule has 0 spiro atoms. The molecule has 0 bridgehead atoms. The molecule has 1 atom stereocenters. The minimum atomic E-state index is -0.402. The lowest BCUT2D eigenvalue weighted by atomic mass is 9.59. The predicted molar refractivity (Wildman–Crippen MR) is 98.1 cm³/mol. The zero-order valence-electron chi connectivity index (χ0n) is 15.4. The van der Waals surface area contributed by atoms with E-state index in [9.17, 15) is 4.79 Å². The maximum Gasteiger partial charge on any atom is 0.162 e. The molecule has 1 aromatic carbocycles. The van der Waals surface area contributed by atoms with E-state index in [4.69, 9.17) is 0 Å². The zero-order chi connectivity index (χ0) is 17.8. The fraction of sp³-hybridized carbons (Fsp3) is 0.476. The number of azo groups is 1. The molecule has 25 heavy (non-hydrogen) atoms. The van der Waals surface area contributed by atoms with Crippen molar-refractivity contribution in [2.45, 2.75) is 52.4 Å². The van der Waals surface area contributed by atoms with Crippen LogP contribution < -0.4 is 5.32 Å². The first-order valence-electron chi connectivity index (χ1n) is 9.09. The van der Waals surface area contributed by atoms with E-state index in [1.165, 1.54) is 11.1 Å². The Kier molecular flexibility index (Phi) is 3.50. The topological polar surface area (TPSA) is 53.8 Å². The summed E-state index contributed by atoms with van der Waals surface area (Å²) in [4.78, 5) is 13.3. The van der Waals surface area contributed by atoms with E-state index < -0.39 is 5.41 Å². The van der Waals surface area contributed by atoms with Crippen molar-refractivity contribution in [3.8, 4) is 0 Å². The van der Waals surface area contributed by atoms with Crippen LogP contribution in [0.15, 0.2) is 57.2 Å². The molecule has 0 radical (unpaired) electrons. The van der Waals surface area contributed by atoms with Gasteiger partial charge in [0.15, 0.2) is 11.6 Å². The number of nitrogens with one attached hydrogen (secondary N) is 1. The molecule has 1 aromatic rings. The van der Waals surface area contributed by atoms with Gasteiger partial charge in [-0.05, 0) is 30.7 Å². The Balaban J connectivity index is 1.98. The van der Waals surface area contributed by atoms with Gasteiger partial charge in [0.05, 0.1) is 12.0 Å². The third kappa shape index (κ3) is 2.30. The maximum atomic E-state index is 13.3. The van der Waals surface area contributed by atoms with Gasteiger partial charge in [-0.3, -0.25) is 4.79 Å². The molecular weight excluding hydrogens is 310 g/mol. The van der Waals surface area contributed by atoms with E-state index in [-0.39, 0.29) is 11.2 Å². The Morgan fingerprint density at radius 2 is 1.88 bits per heavy atom. The maximum absolute atomic E-state index is 13.3. The fourth-order valence-corrected chi connectivity index (χ4v) is 4.72. The number of nitrogens with zero attached hydrogens (tertiary/aromatic N) is 2. The average molecular weight is 335 g/mol. The van der Waals surface area contributed by atoms with Gasteiger partial charge in [-0.1, -0.05) is 50.6 Å². The van der Waals surface area contributed by atoms with Crippen LogP contribution in [0.5, 0.6) is 0 Å². The fourth-order valence-electron chi connectivity index (χ4n) is 4.72. The Morgan fingerprint density at radius 1 is 1.16 bits per heavy atom. The van der Waals surface area contributed by atoms with Crippen molar-refractivity contribution in [1.82, 2.24) is 5.32 Å². The van der Waals surface area contributed by atoms with E-state index >= 15 is 0 Å². The van der Waals surface area contributed by atoms with Crippen LogP contribution in [0.25, 0.3) is 0 Å². The highest BCUT2D eigenvalue weighted by Gasteiger charge is 2.51. The molecule has 4 nitrogen and oxygen atoms in total. The third-order valence-electron chi connectivity index (χ3n) is 5.85. The van der Waals surface area contributed by atoms with Crippen LogP contribution in [-0.2, 0) is 10.2 Å². The van der Waals surface area contributed by atoms with Crippen molar-refractivity contribution in [3.05, 3.63) is 58.1 Å². The summed E-state index contributed by atoms with van der Waals surface area (Å²) in [5.41, 5.74) is 5.12. The van der Waals surface area contributed by atoms with Gasteiger partial charge in [0.25, 0.3) is 0 Å². The number of rotatable bonds is 2. The highest BCUT2D eigenvalue weighted by Crippen LogP contribution is 2.53. The number of ketones is 1. The average Bonchev–Trinajstić information content (AvgIpc) is 3.01. The molecule has 1 N–H and O–H groups in total. The van der Waals surface area contributed by atoms with Gasteiger partial charge in [0, 0.05) is 23.3 Å². The van der Waals surface area contributed by atoms with Crippen molar-refractivity contribution in [3.63, 3.8) is 0 Å². The highest BCUT2D eigenvalue weighted by atomic mass is 16.1. The van der Waals surface area contributed by atoms with Crippen molar-refractivity contribution in [2.24, 2.45) is 15.6 Å². The quantitative estimate of drug-likeness (QED) is 0.861. The normalized spacial score (nSPS) is 27.3. The summed E-state index contributed by atoms with van der Waals surface area (Å²) in [5.74, 6) is 1.12. The number of carbonyl (C=O) groups excluding carboxylic acids is 1. The van der Waals surface area contributed by atoms with Gasteiger partial charge < -0.3 is 5.32 Å². The molecule has 0 saturated heterocycles. The molecule has 1 aliphatic carbocycles. The molecule has 0 saturated carbocycles. The third-order valence-corrected chi connectivity index (χ3v) is 5.85. The molecule has 0 aromatic heterocycles. The molecule has 4 heteroatoms. The first kappa shape index (κ1) is 16.2. The standard InChI is InChI=1S/C21H25N3O/c1-5-21(14-8-6-13(2)7-9-14)15-12-22-24-19(15)23-16-10-20(3,4)11-17(25)18(16)21/h6-9,23H,5,10-12H2,1-4H3. The van der Waals surface area contributed by atoms with Gasteiger partial charge >= 0.3 is 0 Å². The molecule has 0 amide bonds. The Bertz CT molecular complexity index is 842. The predicted octanol–water partition coefficient (Wildman–Crippen LogP) is 4.57. The van der Waals surface area contributed by atoms with E-state index in [2.05, 4.69) is 67.5 Å². The molecule has 2 heterocycles. The molecule has 3 aliphatic rings. The molecule has 2 aliphatic heterocycles. The number of dihydropyridines is 1. The van der Waals surface area contributed by atoms with Gasteiger partial charge in [-0.25, -0.2) is 0 Å². The summed E-state index contributed by atoms with van der Waals surface area (Å²) in [6, 6.07) is 8.61. The number of hydrogen-bond donors (Lipinski definition) is 1. The first-order chi connectivity index (χ1) is 11.9. The second kappa shape index (κ2) is 5.38. The lowest BCUT2D eigenvalue weighted by molar-refractivity contribution is -0.118. The summed E-state index contributed by atoms with van der Waals surface area (Å²) < 4.78 is 0. The lowest BCUT2D eigenvalue weighted by Crippen LogP contribution is -2.46. The van der Waals surface area contributed by atoms with Gasteiger partial charge in [-0.15, -0.1) is 5.11 Å². The minimum Gasteiger partial charge on any atom is -0.342 e. The van der Waals surface area contributed by atoms with Crippen LogP contribution in [0.4, 0.5) is 0 Å². The van der Waals surface area contributed by atoms with Crippen LogP contribution in [0, 0.1) is 12.3 Å². The van der Waals surface area contributed by atoms with Crippen molar-refractivity contribution in [1.29, 1.82) is 0 Å². The summed E-state index contributed by atoms with van der Waals surface area (Å²) in [6.07, 6.45) is 2.30. The first-order valence-corrected chi connectivity index (χ1v) is 9.09. The van der Waals surface area contributed by atoms with E-state index in [0.717, 1.165) is 35.5 Å². The smallest absolute Gasteiger partial charge is 0.162 e. The van der Waals surface area contributed by atoms with Gasteiger partial charge in [0.2, 0.25) is 0 Å². The van der Waals surface area contributed by atoms with E-state index in [0.29, 0.717) is 13.0 Å². The Morgan fingerprint density at radius 3 is 2.56 bits per heavy atom. The second-order valence-electron chi connectivity index (χ2n) is 8.27. The minimum absolute atomic E-state index is 0.0243. The van der Waals surface area contributed by atoms with Crippen molar-refractivity contribution in [2.75, 3.05) is 6.54 Å². The number of carbonyl (C=O) groups is 1. The number of Topliss-reactive ketones (excluding diaryl/α,β-unsaturated/α-hetero) is 1. The monoisotopic (exact) mass is 335 g/mol. The molecule has 1 unspecified atom stereocenters. The largest absolute Gasteiger partial charge is 0.342 e. The molecular formula is C21H25N3O. The van der Waals surface area contributed by atoms with E-state index in [1.807, 2.05) is 0 Å². The summed E-state index contributed by atoms with van der Waals surface area (Å²) in [5, 5.41) is 12.1. The van der Waals surface area contributed by atoms with Crippen LogP contribution in [0.1, 0.15) is 51.2 Å². The van der Waals surface area contributed by atoms with Gasteiger partial charge in [-0.2, -0.15) is 5.11 Å². The van der Waals surface area contributed by atoms with E-state index in [1.54, 1.807) is 0 Å². The number of allylic oxidation sites excluding steroid dienone is 2. The SMILES string of the molecule is CCC1(c2ccc(C)cc2)C2=C(N=NC2)NC2=C1C(=O)CC(C)(C)C2. The molecule has 0 fully saturated rings. The Hall–Kier alpha value is -2.23. The second-order valence-corrected chi connectivity index (χ2v) is 8.27. The van der Waals surface area contributed by atoms with Crippen LogP contribution in [0.2, 0.25) is 0 Å². The lowest BCUT2D eigenvalue weighted by Gasteiger charge is -2.45. The van der Waals surface area contributed by atoms with Gasteiger partial charge in [0.1, 0.15) is 0 Å². The van der Waals surface area contributed by atoms with Crippen molar-refractivity contribution >= 4 is 5.78 Å². The zero-order valence-corrected chi connectivity index (χ0v) is 15.4. The Labute approximate surface area is 149 Å². The van der Waals surface area contributed by atoms with Crippen molar-refractivity contribution < 1.29 is 4.79 Å². The summed E-state index contributed by atoms with van der Waals surface area (Å²) >= 11 is 0. The molecule has 130 valence electrons. The highest BCUT2D eigenvalue weighted by molar-refractivity contribution is 6.01. The summed E-state index contributed by atoms with van der Waals surface area (Å²) in [6.45, 7) is 9.16.